The molecule has 0 radical (unpaired) electrons. The predicted octanol–water partition coefficient (Wildman–Crippen LogP) is 3.96. The monoisotopic (exact) mass is 301 g/mol. The molecule has 90 valence electrons. The van der Waals surface area contributed by atoms with E-state index in [-0.39, 0.29) is 0 Å². The van der Waals surface area contributed by atoms with Crippen LogP contribution in [0.1, 0.15) is 11.1 Å². The van der Waals surface area contributed by atoms with Crippen LogP contribution in [0, 0.1) is 18.3 Å². The van der Waals surface area contributed by atoms with Crippen molar-refractivity contribution in [2.45, 2.75) is 6.92 Å². The average Bonchev–Trinajstić information content (AvgIpc) is 2.35. The molecule has 0 heterocycles. The first-order valence-electron chi connectivity index (χ1n) is 5.43. The molecule has 0 aromatic heterocycles. The second-order valence-corrected chi connectivity index (χ2v) is 4.91. The topological polar surface area (TPSA) is 61.8 Å². The van der Waals surface area contributed by atoms with E-state index in [1.54, 1.807) is 6.07 Å². The third kappa shape index (κ3) is 2.63. The van der Waals surface area contributed by atoms with E-state index in [9.17, 15) is 0 Å². The maximum atomic E-state index is 8.90. The third-order valence-electron chi connectivity index (χ3n) is 2.65. The minimum atomic E-state index is 0.624. The van der Waals surface area contributed by atoms with Crippen molar-refractivity contribution in [2.24, 2.45) is 0 Å². The largest absolute Gasteiger partial charge is 0.397 e. The fraction of sp³-hybridized carbons (Fsp3) is 0.0714. The summed E-state index contributed by atoms with van der Waals surface area (Å²) in [5.41, 5.74) is 10.0. The molecular weight excluding hydrogens is 290 g/mol. The molecular formula is C14H12BrN3. The zero-order chi connectivity index (χ0) is 13.1. The number of aryl methyl sites for hydroxylation is 1. The number of nitriles is 1. The molecule has 3 N–H and O–H groups in total. The van der Waals surface area contributed by atoms with Gasteiger partial charge < -0.3 is 11.1 Å². The summed E-state index contributed by atoms with van der Waals surface area (Å²) in [5.74, 6) is 0. The first-order valence-corrected chi connectivity index (χ1v) is 6.22. The van der Waals surface area contributed by atoms with Gasteiger partial charge in [0.2, 0.25) is 0 Å². The number of hydrogen-bond donors (Lipinski definition) is 2. The van der Waals surface area contributed by atoms with E-state index in [2.05, 4.69) is 27.3 Å². The van der Waals surface area contributed by atoms with Crippen molar-refractivity contribution < 1.29 is 0 Å². The SMILES string of the molecule is Cc1ccc(C#N)cc1Nc1ccc(Br)cc1N. The molecule has 3 nitrogen and oxygen atoms in total. The van der Waals surface area contributed by atoms with Gasteiger partial charge in [0.05, 0.1) is 23.0 Å². The summed E-state index contributed by atoms with van der Waals surface area (Å²) >= 11 is 3.37. The standard InChI is InChI=1S/C14H12BrN3/c1-9-2-3-10(8-16)6-14(9)18-13-5-4-11(15)7-12(13)17/h2-7,18H,17H2,1H3. The van der Waals surface area contributed by atoms with Crippen LogP contribution in [0.4, 0.5) is 17.1 Å². The third-order valence-corrected chi connectivity index (χ3v) is 3.14. The second-order valence-electron chi connectivity index (χ2n) is 4.00. The first-order chi connectivity index (χ1) is 8.60. The van der Waals surface area contributed by atoms with Gasteiger partial charge in [-0.15, -0.1) is 0 Å². The van der Waals surface area contributed by atoms with Crippen LogP contribution < -0.4 is 11.1 Å². The molecule has 0 fully saturated rings. The molecule has 0 saturated heterocycles. The Bertz CT molecular complexity index is 629. The predicted molar refractivity (Wildman–Crippen MR) is 77.7 cm³/mol. The van der Waals surface area contributed by atoms with Gasteiger partial charge in [-0.25, -0.2) is 0 Å². The number of nitrogens with two attached hydrogens (primary N) is 1. The lowest BCUT2D eigenvalue weighted by molar-refractivity contribution is 1.40. The minimum Gasteiger partial charge on any atom is -0.397 e. The van der Waals surface area contributed by atoms with Gasteiger partial charge >= 0.3 is 0 Å². The van der Waals surface area contributed by atoms with Crippen molar-refractivity contribution in [1.29, 1.82) is 5.26 Å². The zero-order valence-corrected chi connectivity index (χ0v) is 11.5. The van der Waals surface area contributed by atoms with Crippen LogP contribution in [0.3, 0.4) is 0 Å². The Hall–Kier alpha value is -1.99. The average molecular weight is 302 g/mol. The summed E-state index contributed by atoms with van der Waals surface area (Å²) in [6, 6.07) is 13.3. The normalized spacial score (nSPS) is 9.83. The fourth-order valence-electron chi connectivity index (χ4n) is 1.62. The Morgan fingerprint density at radius 1 is 1.17 bits per heavy atom. The highest BCUT2D eigenvalue weighted by atomic mass is 79.9. The molecule has 0 aliphatic heterocycles. The molecule has 0 amide bonds. The van der Waals surface area contributed by atoms with Gasteiger partial charge in [-0.3, -0.25) is 0 Å². The van der Waals surface area contributed by atoms with Gasteiger partial charge in [-0.2, -0.15) is 5.26 Å². The number of nitrogens with one attached hydrogen (secondary N) is 1. The van der Waals surface area contributed by atoms with Crippen LogP contribution in [-0.4, -0.2) is 0 Å². The summed E-state index contributed by atoms with van der Waals surface area (Å²) < 4.78 is 0.938. The molecule has 4 heteroatoms. The summed E-state index contributed by atoms with van der Waals surface area (Å²) in [5, 5.41) is 12.1. The minimum absolute atomic E-state index is 0.624. The maximum absolute atomic E-state index is 8.90. The van der Waals surface area contributed by atoms with Gasteiger partial charge in [0, 0.05) is 10.2 Å². The van der Waals surface area contributed by atoms with Gasteiger partial charge in [0.1, 0.15) is 0 Å². The fourth-order valence-corrected chi connectivity index (χ4v) is 2.00. The Morgan fingerprint density at radius 3 is 2.61 bits per heavy atom. The van der Waals surface area contributed by atoms with Crippen molar-refractivity contribution in [3.63, 3.8) is 0 Å². The number of anilines is 3. The van der Waals surface area contributed by atoms with Crippen LogP contribution in [-0.2, 0) is 0 Å². The first kappa shape index (κ1) is 12.5. The van der Waals surface area contributed by atoms with Gasteiger partial charge in [0.15, 0.2) is 0 Å². The maximum Gasteiger partial charge on any atom is 0.0992 e. The summed E-state index contributed by atoms with van der Waals surface area (Å²) in [6.45, 7) is 1.98. The van der Waals surface area contributed by atoms with Crippen molar-refractivity contribution in [1.82, 2.24) is 0 Å². The molecule has 2 rings (SSSR count). The Kier molecular flexibility index (Phi) is 3.54. The number of halogens is 1. The molecule has 0 saturated carbocycles. The molecule has 2 aromatic rings. The van der Waals surface area contributed by atoms with Gasteiger partial charge in [-0.1, -0.05) is 22.0 Å². The number of rotatable bonds is 2. The lowest BCUT2D eigenvalue weighted by Gasteiger charge is -2.12. The van der Waals surface area contributed by atoms with Gasteiger partial charge in [0.25, 0.3) is 0 Å². The molecule has 18 heavy (non-hydrogen) atoms. The van der Waals surface area contributed by atoms with Crippen molar-refractivity contribution in [2.75, 3.05) is 11.1 Å². The Morgan fingerprint density at radius 2 is 1.94 bits per heavy atom. The Balaban J connectivity index is 2.37. The molecule has 0 bridgehead atoms. The number of benzene rings is 2. The van der Waals surface area contributed by atoms with Crippen LogP contribution in [0.15, 0.2) is 40.9 Å². The van der Waals surface area contributed by atoms with E-state index < -0.39 is 0 Å². The summed E-state index contributed by atoms with van der Waals surface area (Å²) in [4.78, 5) is 0. The van der Waals surface area contributed by atoms with Crippen LogP contribution in [0.25, 0.3) is 0 Å². The van der Waals surface area contributed by atoms with Crippen molar-refractivity contribution in [3.05, 3.63) is 52.0 Å². The van der Waals surface area contributed by atoms with Gasteiger partial charge in [-0.05, 0) is 42.8 Å². The number of nitrogen functional groups attached to an aromatic ring is 1. The highest BCUT2D eigenvalue weighted by molar-refractivity contribution is 9.10. The van der Waals surface area contributed by atoms with Crippen LogP contribution in [0.5, 0.6) is 0 Å². The molecule has 2 aromatic carbocycles. The van der Waals surface area contributed by atoms with E-state index in [1.807, 2.05) is 37.3 Å². The van der Waals surface area contributed by atoms with E-state index >= 15 is 0 Å². The zero-order valence-electron chi connectivity index (χ0n) is 9.87. The molecule has 0 spiro atoms. The second kappa shape index (κ2) is 5.11. The van der Waals surface area contributed by atoms with Crippen molar-refractivity contribution >= 4 is 33.0 Å². The molecule has 0 aliphatic carbocycles. The Labute approximate surface area is 114 Å². The summed E-state index contributed by atoms with van der Waals surface area (Å²) in [7, 11) is 0. The van der Waals surface area contributed by atoms with E-state index in [0.717, 1.165) is 21.4 Å². The van der Waals surface area contributed by atoms with E-state index in [1.165, 1.54) is 0 Å². The highest BCUT2D eigenvalue weighted by Gasteiger charge is 2.04. The number of hydrogen-bond acceptors (Lipinski definition) is 3. The van der Waals surface area contributed by atoms with Crippen LogP contribution in [0.2, 0.25) is 0 Å². The van der Waals surface area contributed by atoms with Crippen molar-refractivity contribution in [3.8, 4) is 6.07 Å². The van der Waals surface area contributed by atoms with Crippen LogP contribution >= 0.6 is 15.9 Å². The molecule has 0 unspecified atom stereocenters. The quantitative estimate of drug-likeness (QED) is 0.826. The lowest BCUT2D eigenvalue weighted by atomic mass is 10.1. The lowest BCUT2D eigenvalue weighted by Crippen LogP contribution is -1.98. The molecule has 0 aliphatic rings. The van der Waals surface area contributed by atoms with E-state index in [0.29, 0.717) is 11.3 Å². The number of nitrogens with zero attached hydrogens (tertiary/aromatic N) is 1. The summed E-state index contributed by atoms with van der Waals surface area (Å²) in [6.07, 6.45) is 0. The smallest absolute Gasteiger partial charge is 0.0992 e. The highest BCUT2D eigenvalue weighted by Crippen LogP contribution is 2.28. The van der Waals surface area contributed by atoms with E-state index in [4.69, 9.17) is 11.0 Å². The molecule has 0 atom stereocenters.